The van der Waals surface area contributed by atoms with Gasteiger partial charge in [-0.05, 0) is 30.5 Å². The Morgan fingerprint density at radius 1 is 1.00 bits per heavy atom. The number of likely N-dealkylation sites (tertiary alicyclic amines) is 1. The van der Waals surface area contributed by atoms with Gasteiger partial charge in [0, 0.05) is 13.1 Å². The van der Waals surface area contributed by atoms with E-state index in [1.165, 1.54) is 12.1 Å². The Labute approximate surface area is 116 Å². The fourth-order valence-corrected chi connectivity index (χ4v) is 2.42. The Morgan fingerprint density at radius 2 is 1.55 bits per heavy atom. The van der Waals surface area contributed by atoms with Crippen molar-refractivity contribution in [3.8, 4) is 0 Å². The number of amides is 1. The molecule has 1 heterocycles. The van der Waals surface area contributed by atoms with Gasteiger partial charge in [-0.2, -0.15) is 13.2 Å². The Balaban J connectivity index is 1.97. The van der Waals surface area contributed by atoms with E-state index in [9.17, 15) is 18.0 Å². The molecule has 1 aliphatic rings. The maximum Gasteiger partial charge on any atom is 0.416 e. The first-order valence-electron chi connectivity index (χ1n) is 6.91. The van der Waals surface area contributed by atoms with Gasteiger partial charge in [-0.3, -0.25) is 4.79 Å². The number of alkyl halides is 3. The number of nitrogens with zero attached hydrogens (tertiary/aromatic N) is 1. The number of carbonyl (C=O) groups is 1. The first-order chi connectivity index (χ1) is 9.47. The second-order valence-corrected chi connectivity index (χ2v) is 5.17. The fourth-order valence-electron chi connectivity index (χ4n) is 2.42. The number of hydrogen-bond acceptors (Lipinski definition) is 1. The van der Waals surface area contributed by atoms with Crippen LogP contribution in [-0.2, 0) is 17.4 Å². The zero-order chi connectivity index (χ0) is 14.6. The van der Waals surface area contributed by atoms with Crippen LogP contribution in [0, 0.1) is 0 Å². The van der Waals surface area contributed by atoms with E-state index in [2.05, 4.69) is 0 Å². The molecule has 110 valence electrons. The molecule has 1 fully saturated rings. The first kappa shape index (κ1) is 14.9. The molecule has 0 bridgehead atoms. The number of halogens is 3. The van der Waals surface area contributed by atoms with E-state index in [1.54, 1.807) is 0 Å². The smallest absolute Gasteiger partial charge is 0.342 e. The predicted octanol–water partition coefficient (Wildman–Crippen LogP) is 3.65. The van der Waals surface area contributed by atoms with Gasteiger partial charge in [0.25, 0.3) is 0 Å². The molecule has 2 rings (SSSR count). The van der Waals surface area contributed by atoms with Crippen LogP contribution < -0.4 is 0 Å². The van der Waals surface area contributed by atoms with Crippen molar-refractivity contribution in [1.82, 2.24) is 4.90 Å². The summed E-state index contributed by atoms with van der Waals surface area (Å²) >= 11 is 0. The second kappa shape index (κ2) is 6.29. The zero-order valence-corrected chi connectivity index (χ0v) is 11.2. The van der Waals surface area contributed by atoms with E-state index >= 15 is 0 Å². The average Bonchev–Trinajstić information content (AvgIpc) is 2.67. The number of carbonyl (C=O) groups excluding carboxylic acids is 1. The van der Waals surface area contributed by atoms with Crippen LogP contribution in [0.2, 0.25) is 0 Å². The van der Waals surface area contributed by atoms with E-state index in [0.717, 1.165) is 50.9 Å². The summed E-state index contributed by atoms with van der Waals surface area (Å²) in [6.45, 7) is 1.53. The number of rotatable bonds is 2. The molecular weight excluding hydrogens is 267 g/mol. The summed E-state index contributed by atoms with van der Waals surface area (Å²) in [7, 11) is 0. The maximum atomic E-state index is 12.4. The molecule has 0 N–H and O–H groups in total. The van der Waals surface area contributed by atoms with Crippen molar-refractivity contribution in [2.75, 3.05) is 13.1 Å². The molecule has 0 saturated carbocycles. The van der Waals surface area contributed by atoms with Crippen LogP contribution in [0.3, 0.4) is 0 Å². The van der Waals surface area contributed by atoms with Crippen LogP contribution in [-0.4, -0.2) is 23.9 Å². The van der Waals surface area contributed by atoms with Crippen LogP contribution in [0.5, 0.6) is 0 Å². The topological polar surface area (TPSA) is 20.3 Å². The van der Waals surface area contributed by atoms with Gasteiger partial charge in [-0.15, -0.1) is 0 Å². The summed E-state index contributed by atoms with van der Waals surface area (Å²) in [6.07, 6.45) is 0.164. The zero-order valence-electron chi connectivity index (χ0n) is 11.2. The Kier molecular flexibility index (Phi) is 4.68. The molecule has 0 radical (unpaired) electrons. The molecule has 20 heavy (non-hydrogen) atoms. The lowest BCUT2D eigenvalue weighted by Crippen LogP contribution is -2.33. The van der Waals surface area contributed by atoms with Gasteiger partial charge in [0.1, 0.15) is 0 Å². The Hall–Kier alpha value is -1.52. The van der Waals surface area contributed by atoms with E-state index in [0.29, 0.717) is 5.56 Å². The molecule has 1 aliphatic heterocycles. The molecule has 0 unspecified atom stereocenters. The van der Waals surface area contributed by atoms with Gasteiger partial charge in [-0.25, -0.2) is 0 Å². The number of benzene rings is 1. The maximum absolute atomic E-state index is 12.4. The lowest BCUT2D eigenvalue weighted by molar-refractivity contribution is -0.137. The third-order valence-electron chi connectivity index (χ3n) is 3.60. The minimum absolute atomic E-state index is 0.00617. The van der Waals surface area contributed by atoms with E-state index in [-0.39, 0.29) is 12.3 Å². The molecule has 0 atom stereocenters. The monoisotopic (exact) mass is 285 g/mol. The van der Waals surface area contributed by atoms with E-state index < -0.39 is 11.7 Å². The molecule has 5 heteroatoms. The van der Waals surface area contributed by atoms with Crippen molar-refractivity contribution in [2.45, 2.75) is 38.3 Å². The Morgan fingerprint density at radius 3 is 2.05 bits per heavy atom. The normalized spacial score (nSPS) is 16.9. The summed E-state index contributed by atoms with van der Waals surface area (Å²) < 4.78 is 37.3. The highest BCUT2D eigenvalue weighted by molar-refractivity contribution is 5.78. The largest absolute Gasteiger partial charge is 0.416 e. The van der Waals surface area contributed by atoms with Gasteiger partial charge >= 0.3 is 6.18 Å². The summed E-state index contributed by atoms with van der Waals surface area (Å²) in [5.41, 5.74) is -0.0456. The summed E-state index contributed by atoms with van der Waals surface area (Å²) in [5, 5.41) is 0. The lowest BCUT2D eigenvalue weighted by Gasteiger charge is -2.20. The fraction of sp³-hybridized carbons (Fsp3) is 0.533. The third kappa shape index (κ3) is 3.99. The summed E-state index contributed by atoms with van der Waals surface area (Å²) in [4.78, 5) is 13.9. The quantitative estimate of drug-likeness (QED) is 0.812. The number of hydrogen-bond donors (Lipinski definition) is 0. The molecule has 1 aromatic rings. The van der Waals surface area contributed by atoms with Gasteiger partial charge < -0.3 is 4.90 Å². The highest BCUT2D eigenvalue weighted by atomic mass is 19.4. The third-order valence-corrected chi connectivity index (χ3v) is 3.60. The second-order valence-electron chi connectivity index (χ2n) is 5.17. The van der Waals surface area contributed by atoms with Crippen molar-refractivity contribution in [1.29, 1.82) is 0 Å². The molecule has 0 aromatic heterocycles. The lowest BCUT2D eigenvalue weighted by atomic mass is 10.1. The summed E-state index contributed by atoms with van der Waals surface area (Å²) in [5.74, 6) is 0.00617. The minimum atomic E-state index is -4.33. The van der Waals surface area contributed by atoms with Crippen molar-refractivity contribution >= 4 is 5.91 Å². The first-order valence-corrected chi connectivity index (χ1v) is 6.91. The average molecular weight is 285 g/mol. The highest BCUT2D eigenvalue weighted by Crippen LogP contribution is 2.29. The molecule has 1 amide bonds. The van der Waals surface area contributed by atoms with Crippen molar-refractivity contribution in [3.05, 3.63) is 35.4 Å². The van der Waals surface area contributed by atoms with Crippen LogP contribution >= 0.6 is 0 Å². The van der Waals surface area contributed by atoms with E-state index in [4.69, 9.17) is 0 Å². The molecule has 1 aromatic carbocycles. The van der Waals surface area contributed by atoms with Gasteiger partial charge in [0.05, 0.1) is 12.0 Å². The van der Waals surface area contributed by atoms with Crippen molar-refractivity contribution in [2.24, 2.45) is 0 Å². The predicted molar refractivity (Wildman–Crippen MR) is 70.2 cm³/mol. The van der Waals surface area contributed by atoms with Crippen molar-refractivity contribution in [3.63, 3.8) is 0 Å². The molecule has 0 aliphatic carbocycles. The standard InChI is InChI=1S/C15H18F3NO/c16-15(17,18)13-7-5-12(6-8-13)11-14(20)19-9-3-1-2-4-10-19/h5-8H,1-4,9-11H2. The van der Waals surface area contributed by atoms with Crippen LogP contribution in [0.15, 0.2) is 24.3 Å². The van der Waals surface area contributed by atoms with Gasteiger partial charge in [0.2, 0.25) is 5.91 Å². The molecular formula is C15H18F3NO. The van der Waals surface area contributed by atoms with Crippen LogP contribution in [0.4, 0.5) is 13.2 Å². The summed E-state index contributed by atoms with van der Waals surface area (Å²) in [6, 6.07) is 4.84. The SMILES string of the molecule is O=C(Cc1ccc(C(F)(F)F)cc1)N1CCCCCC1. The molecule has 2 nitrogen and oxygen atoms in total. The van der Waals surface area contributed by atoms with E-state index in [1.807, 2.05) is 4.90 Å². The Bertz CT molecular complexity index is 445. The molecule has 0 spiro atoms. The highest BCUT2D eigenvalue weighted by Gasteiger charge is 2.30. The molecule has 1 saturated heterocycles. The minimum Gasteiger partial charge on any atom is -0.342 e. The van der Waals surface area contributed by atoms with Crippen LogP contribution in [0.25, 0.3) is 0 Å². The van der Waals surface area contributed by atoms with Gasteiger partial charge in [-0.1, -0.05) is 25.0 Å². The van der Waals surface area contributed by atoms with Crippen molar-refractivity contribution < 1.29 is 18.0 Å². The van der Waals surface area contributed by atoms with Crippen LogP contribution in [0.1, 0.15) is 36.8 Å². The van der Waals surface area contributed by atoms with Gasteiger partial charge in [0.15, 0.2) is 0 Å².